The third-order valence-electron chi connectivity index (χ3n) is 4.32. The Morgan fingerprint density at radius 1 is 1.05 bits per heavy atom. The van der Waals surface area contributed by atoms with Gasteiger partial charge in [0.1, 0.15) is 17.3 Å². The fourth-order valence-electron chi connectivity index (χ4n) is 3.13. The molecule has 1 aromatic heterocycles. The molecule has 2 aliphatic carbocycles. The van der Waals surface area contributed by atoms with E-state index in [4.69, 9.17) is 10.7 Å². The summed E-state index contributed by atoms with van der Waals surface area (Å²) in [6, 6.07) is 7.19. The first-order valence-corrected chi connectivity index (χ1v) is 7.60. The van der Waals surface area contributed by atoms with Crippen molar-refractivity contribution in [2.24, 2.45) is 0 Å². The van der Waals surface area contributed by atoms with Crippen LogP contribution < -0.4 is 5.73 Å². The van der Waals surface area contributed by atoms with Crippen molar-refractivity contribution in [3.8, 4) is 11.3 Å². The van der Waals surface area contributed by atoms with Gasteiger partial charge in [0, 0.05) is 17.5 Å². The largest absolute Gasteiger partial charge is 0.383 e. The summed E-state index contributed by atoms with van der Waals surface area (Å²) in [4.78, 5) is 4.92. The molecule has 0 atom stereocenters. The minimum atomic E-state index is 0.609. The zero-order valence-electron chi connectivity index (χ0n) is 12.2. The van der Waals surface area contributed by atoms with Crippen LogP contribution in [0.1, 0.15) is 54.6 Å². The van der Waals surface area contributed by atoms with E-state index in [9.17, 15) is 0 Å². The highest BCUT2D eigenvalue weighted by atomic mass is 15.2. The van der Waals surface area contributed by atoms with Crippen LogP contribution in [0.3, 0.4) is 0 Å². The average Bonchev–Trinajstić information content (AvgIpc) is 3.26. The lowest BCUT2D eigenvalue weighted by Gasteiger charge is -2.07. The van der Waals surface area contributed by atoms with Crippen molar-refractivity contribution in [2.75, 3.05) is 5.73 Å². The molecule has 0 unspecified atom stereocenters. The Labute approximate surface area is 119 Å². The summed E-state index contributed by atoms with van der Waals surface area (Å²) in [5.41, 5.74) is 11.1. The van der Waals surface area contributed by atoms with Gasteiger partial charge in [0.2, 0.25) is 0 Å². The molecule has 2 aromatic rings. The SMILES string of the molecule is Cc1cc(C)cc(-c2nc(C3CC3)n(C3CC3)c2N)c1. The highest BCUT2D eigenvalue weighted by Crippen LogP contribution is 2.48. The van der Waals surface area contributed by atoms with Crippen LogP contribution in [0.4, 0.5) is 5.82 Å². The van der Waals surface area contributed by atoms with Gasteiger partial charge in [-0.25, -0.2) is 4.98 Å². The maximum absolute atomic E-state index is 6.44. The van der Waals surface area contributed by atoms with Crippen LogP contribution in [-0.4, -0.2) is 9.55 Å². The van der Waals surface area contributed by atoms with Crippen molar-refractivity contribution >= 4 is 5.82 Å². The zero-order valence-corrected chi connectivity index (χ0v) is 12.2. The minimum absolute atomic E-state index is 0.609. The maximum Gasteiger partial charge on any atom is 0.132 e. The number of aromatic nitrogens is 2. The van der Waals surface area contributed by atoms with Gasteiger partial charge in [-0.2, -0.15) is 0 Å². The third kappa shape index (κ3) is 1.92. The summed E-state index contributed by atoms with van der Waals surface area (Å²) in [7, 11) is 0. The quantitative estimate of drug-likeness (QED) is 0.914. The number of hydrogen-bond acceptors (Lipinski definition) is 2. The van der Waals surface area contributed by atoms with E-state index in [1.165, 1.54) is 48.2 Å². The second-order valence-corrected chi connectivity index (χ2v) is 6.46. The first-order chi connectivity index (χ1) is 9.63. The lowest BCUT2D eigenvalue weighted by atomic mass is 10.1. The number of anilines is 1. The predicted octanol–water partition coefficient (Wildman–Crippen LogP) is 3.96. The van der Waals surface area contributed by atoms with E-state index in [2.05, 4.69) is 36.6 Å². The molecule has 0 saturated heterocycles. The number of hydrogen-bond donors (Lipinski definition) is 1. The first-order valence-electron chi connectivity index (χ1n) is 7.60. The van der Waals surface area contributed by atoms with Crippen molar-refractivity contribution in [3.05, 3.63) is 35.2 Å². The molecule has 3 heteroatoms. The van der Waals surface area contributed by atoms with E-state index in [1.54, 1.807) is 0 Å². The standard InChI is InChI=1S/C17H21N3/c1-10-7-11(2)9-13(8-10)15-16(18)20(14-5-6-14)17(19-15)12-3-4-12/h7-9,12,14H,3-6,18H2,1-2H3. The number of aryl methyl sites for hydroxylation is 2. The van der Waals surface area contributed by atoms with Crippen LogP contribution in [0, 0.1) is 13.8 Å². The topological polar surface area (TPSA) is 43.8 Å². The third-order valence-corrected chi connectivity index (χ3v) is 4.32. The van der Waals surface area contributed by atoms with Crippen LogP contribution >= 0.6 is 0 Å². The van der Waals surface area contributed by atoms with Crippen LogP contribution in [0.2, 0.25) is 0 Å². The normalized spacial score (nSPS) is 18.5. The zero-order chi connectivity index (χ0) is 13.9. The highest BCUT2D eigenvalue weighted by molar-refractivity contribution is 5.72. The van der Waals surface area contributed by atoms with Crippen molar-refractivity contribution in [1.29, 1.82) is 0 Å². The molecular formula is C17H21N3. The van der Waals surface area contributed by atoms with Crippen LogP contribution in [0.5, 0.6) is 0 Å². The number of nitrogens with two attached hydrogens (primary N) is 1. The molecule has 2 aliphatic rings. The molecule has 2 saturated carbocycles. The van der Waals surface area contributed by atoms with Gasteiger partial charge in [-0.3, -0.25) is 0 Å². The molecule has 4 rings (SSSR count). The summed E-state index contributed by atoms with van der Waals surface area (Å²) < 4.78 is 2.32. The highest BCUT2D eigenvalue weighted by Gasteiger charge is 2.36. The molecule has 1 heterocycles. The smallest absolute Gasteiger partial charge is 0.132 e. The van der Waals surface area contributed by atoms with Crippen molar-refractivity contribution in [2.45, 2.75) is 51.5 Å². The second kappa shape index (κ2) is 4.11. The Hall–Kier alpha value is -1.77. The predicted molar refractivity (Wildman–Crippen MR) is 81.8 cm³/mol. The molecule has 0 spiro atoms. The van der Waals surface area contributed by atoms with Crippen LogP contribution in [0.25, 0.3) is 11.3 Å². The summed E-state index contributed by atoms with van der Waals surface area (Å²) >= 11 is 0. The van der Waals surface area contributed by atoms with E-state index in [1.807, 2.05) is 0 Å². The Balaban J connectivity index is 1.87. The van der Waals surface area contributed by atoms with Crippen molar-refractivity contribution < 1.29 is 0 Å². The van der Waals surface area contributed by atoms with Gasteiger partial charge in [-0.15, -0.1) is 0 Å². The van der Waals surface area contributed by atoms with Gasteiger partial charge in [0.15, 0.2) is 0 Å². The Kier molecular flexibility index (Phi) is 2.47. The van der Waals surface area contributed by atoms with Gasteiger partial charge in [0.25, 0.3) is 0 Å². The Bertz CT molecular complexity index is 656. The molecule has 0 bridgehead atoms. The fourth-order valence-corrected chi connectivity index (χ4v) is 3.13. The number of nitrogens with zero attached hydrogens (tertiary/aromatic N) is 2. The van der Waals surface area contributed by atoms with Crippen LogP contribution in [0.15, 0.2) is 18.2 Å². The average molecular weight is 267 g/mol. The summed E-state index contributed by atoms with van der Waals surface area (Å²) in [5, 5.41) is 0. The number of nitrogen functional groups attached to an aromatic ring is 1. The van der Waals surface area contributed by atoms with Crippen molar-refractivity contribution in [1.82, 2.24) is 9.55 Å². The first kappa shape index (κ1) is 12.0. The van der Waals surface area contributed by atoms with E-state index >= 15 is 0 Å². The number of benzene rings is 1. The molecule has 0 aliphatic heterocycles. The summed E-state index contributed by atoms with van der Waals surface area (Å²) in [6.45, 7) is 4.26. The Morgan fingerprint density at radius 2 is 1.70 bits per heavy atom. The Morgan fingerprint density at radius 3 is 2.25 bits per heavy atom. The van der Waals surface area contributed by atoms with Gasteiger partial charge in [-0.05, 0) is 51.7 Å². The molecular weight excluding hydrogens is 246 g/mol. The van der Waals surface area contributed by atoms with Gasteiger partial charge >= 0.3 is 0 Å². The monoisotopic (exact) mass is 267 g/mol. The summed E-state index contributed by atoms with van der Waals surface area (Å²) in [6.07, 6.45) is 5.06. The van der Waals surface area contributed by atoms with Gasteiger partial charge in [0.05, 0.1) is 0 Å². The van der Waals surface area contributed by atoms with Crippen molar-refractivity contribution in [3.63, 3.8) is 0 Å². The molecule has 0 amide bonds. The minimum Gasteiger partial charge on any atom is -0.383 e. The lowest BCUT2D eigenvalue weighted by molar-refractivity contribution is 0.691. The number of rotatable bonds is 3. The molecule has 104 valence electrons. The maximum atomic E-state index is 6.44. The molecule has 2 fully saturated rings. The van der Waals surface area contributed by atoms with Gasteiger partial charge in [-0.1, -0.05) is 17.2 Å². The molecule has 20 heavy (non-hydrogen) atoms. The van der Waals surface area contributed by atoms with Crippen LogP contribution in [-0.2, 0) is 0 Å². The van der Waals surface area contributed by atoms with E-state index in [-0.39, 0.29) is 0 Å². The van der Waals surface area contributed by atoms with Gasteiger partial charge < -0.3 is 10.3 Å². The fraction of sp³-hybridized carbons (Fsp3) is 0.471. The molecule has 1 aromatic carbocycles. The summed E-state index contributed by atoms with van der Waals surface area (Å²) in [5.74, 6) is 2.76. The lowest BCUT2D eigenvalue weighted by Crippen LogP contribution is -2.04. The van der Waals surface area contributed by atoms with E-state index in [0.717, 1.165) is 11.5 Å². The molecule has 0 radical (unpaired) electrons. The second-order valence-electron chi connectivity index (χ2n) is 6.46. The number of imidazole rings is 1. The molecule has 2 N–H and O–H groups in total. The van der Waals surface area contributed by atoms with E-state index in [0.29, 0.717) is 12.0 Å². The van der Waals surface area contributed by atoms with E-state index < -0.39 is 0 Å². The molecule has 3 nitrogen and oxygen atoms in total.